The summed E-state index contributed by atoms with van der Waals surface area (Å²) in [7, 11) is 0. The largest absolute Gasteiger partial charge is 0.493 e. The van der Waals surface area contributed by atoms with Gasteiger partial charge in [0.05, 0.1) is 12.2 Å². The van der Waals surface area contributed by atoms with Gasteiger partial charge >= 0.3 is 11.9 Å². The fourth-order valence-corrected chi connectivity index (χ4v) is 2.66. The second kappa shape index (κ2) is 10.7. The molecule has 0 unspecified atom stereocenters. The third-order valence-electron chi connectivity index (χ3n) is 4.02. The summed E-state index contributed by atoms with van der Waals surface area (Å²) < 4.78 is 21.6. The Bertz CT molecular complexity index is 984. The first kappa shape index (κ1) is 20.9. The maximum Gasteiger partial charge on any atom is 0.347 e. The molecule has 0 N–H and O–H groups in total. The van der Waals surface area contributed by atoms with Crippen LogP contribution in [-0.2, 0) is 4.74 Å². The van der Waals surface area contributed by atoms with Gasteiger partial charge in [-0.2, -0.15) is 0 Å². The number of para-hydroxylation sites is 2. The van der Waals surface area contributed by atoms with Crippen molar-refractivity contribution >= 4 is 11.9 Å². The third-order valence-corrected chi connectivity index (χ3v) is 4.02. The highest BCUT2D eigenvalue weighted by Gasteiger charge is 2.16. The van der Waals surface area contributed by atoms with E-state index in [0.717, 1.165) is 0 Å². The van der Waals surface area contributed by atoms with Gasteiger partial charge in [0.25, 0.3) is 0 Å². The lowest BCUT2D eigenvalue weighted by Gasteiger charge is -2.10. The maximum atomic E-state index is 12.5. The molecule has 0 saturated heterocycles. The van der Waals surface area contributed by atoms with Gasteiger partial charge in [0.15, 0.2) is 0 Å². The van der Waals surface area contributed by atoms with Gasteiger partial charge in [-0.3, -0.25) is 0 Å². The smallest absolute Gasteiger partial charge is 0.347 e. The van der Waals surface area contributed by atoms with Gasteiger partial charge in [-0.1, -0.05) is 36.4 Å². The van der Waals surface area contributed by atoms with E-state index in [-0.39, 0.29) is 24.5 Å². The normalized spacial score (nSPS) is 10.2. The molecule has 0 aliphatic rings. The number of rotatable bonds is 9. The van der Waals surface area contributed by atoms with Crippen LogP contribution in [0, 0.1) is 0 Å². The van der Waals surface area contributed by atoms with E-state index in [1.165, 1.54) is 6.07 Å². The van der Waals surface area contributed by atoms with Crippen LogP contribution in [0.1, 0.15) is 27.6 Å². The van der Waals surface area contributed by atoms with Crippen molar-refractivity contribution in [3.8, 4) is 17.2 Å². The van der Waals surface area contributed by atoms with Crippen LogP contribution in [0.5, 0.6) is 17.2 Å². The van der Waals surface area contributed by atoms with Crippen molar-refractivity contribution < 1.29 is 28.5 Å². The van der Waals surface area contributed by atoms with Gasteiger partial charge in [-0.25, -0.2) is 9.59 Å². The summed E-state index contributed by atoms with van der Waals surface area (Å²) in [5.74, 6) is 0.287. The molecule has 0 radical (unpaired) electrons. The summed E-state index contributed by atoms with van der Waals surface area (Å²) in [6.07, 6.45) is 0. The minimum atomic E-state index is -0.569. The van der Waals surface area contributed by atoms with Crippen LogP contribution < -0.4 is 14.2 Å². The highest BCUT2D eigenvalue weighted by atomic mass is 16.6. The summed E-state index contributed by atoms with van der Waals surface area (Å²) in [4.78, 5) is 24.8. The van der Waals surface area contributed by atoms with Gasteiger partial charge < -0.3 is 18.9 Å². The first-order valence-electron chi connectivity index (χ1n) is 9.56. The number of esters is 2. The van der Waals surface area contributed by atoms with Crippen LogP contribution in [0.3, 0.4) is 0 Å². The maximum absolute atomic E-state index is 12.5. The molecule has 0 aromatic heterocycles. The second-order valence-corrected chi connectivity index (χ2v) is 6.14. The average molecular weight is 406 g/mol. The fourth-order valence-electron chi connectivity index (χ4n) is 2.66. The molecule has 154 valence electrons. The quantitative estimate of drug-likeness (QED) is 0.295. The number of hydrogen-bond acceptors (Lipinski definition) is 6. The van der Waals surface area contributed by atoms with E-state index in [1.807, 2.05) is 37.3 Å². The molecule has 3 aromatic rings. The van der Waals surface area contributed by atoms with Crippen molar-refractivity contribution in [1.82, 2.24) is 0 Å². The van der Waals surface area contributed by atoms with Gasteiger partial charge in [0.2, 0.25) is 0 Å². The Kier molecular flexibility index (Phi) is 7.44. The Morgan fingerprint density at radius 3 is 2.27 bits per heavy atom. The minimum absolute atomic E-state index is 0.0967. The zero-order valence-corrected chi connectivity index (χ0v) is 16.6. The van der Waals surface area contributed by atoms with Crippen molar-refractivity contribution in [1.29, 1.82) is 0 Å². The molecule has 0 heterocycles. The molecule has 3 rings (SSSR count). The zero-order chi connectivity index (χ0) is 21.2. The first-order valence-corrected chi connectivity index (χ1v) is 9.56. The van der Waals surface area contributed by atoms with Gasteiger partial charge in [0, 0.05) is 0 Å². The lowest BCUT2D eigenvalue weighted by molar-refractivity contribution is 0.0449. The minimum Gasteiger partial charge on any atom is -0.493 e. The van der Waals surface area contributed by atoms with E-state index >= 15 is 0 Å². The average Bonchev–Trinajstić information content (AvgIpc) is 2.78. The summed E-state index contributed by atoms with van der Waals surface area (Å²) in [6.45, 7) is 2.60. The Labute approximate surface area is 175 Å². The van der Waals surface area contributed by atoms with Crippen molar-refractivity contribution in [2.24, 2.45) is 0 Å². The predicted octanol–water partition coefficient (Wildman–Crippen LogP) is 4.54. The zero-order valence-electron chi connectivity index (χ0n) is 16.6. The topological polar surface area (TPSA) is 71.1 Å². The Morgan fingerprint density at radius 2 is 1.47 bits per heavy atom. The van der Waals surface area contributed by atoms with Crippen LogP contribution in [0.25, 0.3) is 0 Å². The molecule has 3 aromatic carbocycles. The highest BCUT2D eigenvalue weighted by Crippen LogP contribution is 2.21. The van der Waals surface area contributed by atoms with E-state index in [1.54, 1.807) is 42.5 Å². The monoisotopic (exact) mass is 406 g/mol. The molecule has 0 aliphatic heterocycles. The standard InChI is InChI=1S/C24H22O6/c1-2-27-22-14-7-6-13-21(22)24(26)30-20-12-8-9-18(17-20)23(25)29-16-15-28-19-10-4-3-5-11-19/h3-14,17H,2,15-16H2,1H3. The number of carbonyl (C=O) groups is 2. The van der Waals surface area contributed by atoms with Crippen molar-refractivity contribution in [3.63, 3.8) is 0 Å². The SMILES string of the molecule is CCOc1ccccc1C(=O)Oc1cccc(C(=O)OCCOc2ccccc2)c1. The molecule has 0 saturated carbocycles. The van der Waals surface area contributed by atoms with E-state index < -0.39 is 11.9 Å². The van der Waals surface area contributed by atoms with Gasteiger partial charge in [-0.15, -0.1) is 0 Å². The molecule has 0 aliphatic carbocycles. The van der Waals surface area contributed by atoms with Crippen LogP contribution in [-0.4, -0.2) is 31.8 Å². The highest BCUT2D eigenvalue weighted by molar-refractivity contribution is 5.94. The van der Waals surface area contributed by atoms with Crippen molar-refractivity contribution in [2.75, 3.05) is 19.8 Å². The molecule has 0 bridgehead atoms. The van der Waals surface area contributed by atoms with Crippen molar-refractivity contribution in [3.05, 3.63) is 90.0 Å². The molecule has 0 atom stereocenters. The van der Waals surface area contributed by atoms with Gasteiger partial charge in [0.1, 0.15) is 36.0 Å². The van der Waals surface area contributed by atoms with E-state index in [2.05, 4.69) is 0 Å². The van der Waals surface area contributed by atoms with Crippen LogP contribution in [0.4, 0.5) is 0 Å². The number of carbonyl (C=O) groups excluding carboxylic acids is 2. The number of benzene rings is 3. The van der Waals surface area contributed by atoms with Crippen LogP contribution >= 0.6 is 0 Å². The summed E-state index contributed by atoms with van der Waals surface area (Å²) in [5.41, 5.74) is 0.587. The summed E-state index contributed by atoms with van der Waals surface area (Å²) >= 11 is 0. The molecule has 0 amide bonds. The fraction of sp³-hybridized carbons (Fsp3) is 0.167. The number of ether oxygens (including phenoxy) is 4. The molecule has 6 heteroatoms. The second-order valence-electron chi connectivity index (χ2n) is 6.14. The van der Waals surface area contributed by atoms with Crippen LogP contribution in [0.15, 0.2) is 78.9 Å². The predicted molar refractivity (Wildman–Crippen MR) is 111 cm³/mol. The first-order chi connectivity index (χ1) is 14.7. The van der Waals surface area contributed by atoms with E-state index in [4.69, 9.17) is 18.9 Å². The third kappa shape index (κ3) is 5.85. The molecule has 6 nitrogen and oxygen atoms in total. The Balaban J connectivity index is 1.56. The molecule has 0 fully saturated rings. The van der Waals surface area contributed by atoms with Crippen molar-refractivity contribution in [2.45, 2.75) is 6.92 Å². The van der Waals surface area contributed by atoms with Gasteiger partial charge in [-0.05, 0) is 49.4 Å². The Morgan fingerprint density at radius 1 is 0.733 bits per heavy atom. The van der Waals surface area contributed by atoms with Crippen LogP contribution in [0.2, 0.25) is 0 Å². The summed E-state index contributed by atoms with van der Waals surface area (Å²) in [6, 6.07) is 22.3. The lowest BCUT2D eigenvalue weighted by atomic mass is 10.2. The lowest BCUT2D eigenvalue weighted by Crippen LogP contribution is -2.13. The molecular weight excluding hydrogens is 384 g/mol. The van der Waals surface area contributed by atoms with E-state index in [9.17, 15) is 9.59 Å². The molecule has 30 heavy (non-hydrogen) atoms. The summed E-state index contributed by atoms with van der Waals surface area (Å²) in [5, 5.41) is 0. The Hall–Kier alpha value is -3.80. The van der Waals surface area contributed by atoms with E-state index in [0.29, 0.717) is 23.7 Å². The molecular formula is C24H22O6. The molecule has 0 spiro atoms. The number of hydrogen-bond donors (Lipinski definition) is 0.